The summed E-state index contributed by atoms with van der Waals surface area (Å²) in [5.41, 5.74) is 0. The number of carbonyl (C=O) groups excluding carboxylic acids is 1. The normalized spacial score (nSPS) is 13.7. The molecule has 8 nitrogen and oxygen atoms in total. The van der Waals surface area contributed by atoms with Crippen molar-refractivity contribution in [2.75, 3.05) is 54.1 Å². The molecule has 59 heavy (non-hydrogen) atoms. The smallest absolute Gasteiger partial charge is 0.457 e. The molecule has 0 aliphatic carbocycles. The SMILES string of the molecule is CCCCCCCCC/C=C\CCCCCCCCCC(=O)OC(COCCCCCCCCCCCCCCCCCCCCC)COP(=O)(O)OCC[N+](C)(C)C. The van der Waals surface area contributed by atoms with Crippen LogP contribution in [0.25, 0.3) is 0 Å². The standard InChI is InChI=1S/C50H100NO7P/c1-6-8-10-12-14-16-18-20-22-24-26-28-30-32-34-36-38-40-42-45-55-47-49(48-57-59(53,54)56-46-44-51(3,4)5)58-50(52)43-41-39-37-35-33-31-29-27-25-23-21-19-17-15-13-11-9-7-2/h23,25,49H,6-22,24,26-48H2,1-5H3/p+1/b25-23-. The molecule has 0 aromatic carbocycles. The van der Waals surface area contributed by atoms with E-state index in [9.17, 15) is 14.3 Å². The number of hydrogen-bond donors (Lipinski definition) is 1. The molecule has 0 bridgehead atoms. The Kier molecular flexibility index (Phi) is 43.3. The fourth-order valence-corrected chi connectivity index (χ4v) is 8.11. The molecule has 0 fully saturated rings. The lowest BCUT2D eigenvalue weighted by Crippen LogP contribution is -2.37. The zero-order valence-corrected chi connectivity index (χ0v) is 40.9. The van der Waals surface area contributed by atoms with Gasteiger partial charge in [0, 0.05) is 13.0 Å². The van der Waals surface area contributed by atoms with Gasteiger partial charge in [-0.25, -0.2) is 4.57 Å². The zero-order chi connectivity index (χ0) is 43.4. The van der Waals surface area contributed by atoms with Crippen LogP contribution in [0.4, 0.5) is 0 Å². The molecule has 0 rings (SSSR count). The van der Waals surface area contributed by atoms with E-state index in [2.05, 4.69) is 26.0 Å². The van der Waals surface area contributed by atoms with Crippen LogP contribution in [0.3, 0.4) is 0 Å². The first-order valence-corrected chi connectivity index (χ1v) is 26.9. The largest absolute Gasteiger partial charge is 0.472 e. The molecule has 0 aliphatic heterocycles. The third-order valence-corrected chi connectivity index (χ3v) is 12.3. The summed E-state index contributed by atoms with van der Waals surface area (Å²) in [6.45, 7) is 5.68. The molecule has 0 saturated heterocycles. The van der Waals surface area contributed by atoms with Crippen LogP contribution in [-0.2, 0) is 27.9 Å². The molecule has 0 amide bonds. The Hall–Kier alpha value is -0.760. The molecule has 0 aliphatic rings. The summed E-state index contributed by atoms with van der Waals surface area (Å²) >= 11 is 0. The summed E-state index contributed by atoms with van der Waals surface area (Å²) < 4.78 is 35.1. The number of nitrogens with zero attached hydrogens (tertiary/aromatic N) is 1. The van der Waals surface area contributed by atoms with Crippen LogP contribution in [0, 0.1) is 0 Å². The number of phosphoric ester groups is 1. The van der Waals surface area contributed by atoms with Crippen LogP contribution in [0.15, 0.2) is 12.2 Å². The van der Waals surface area contributed by atoms with Crippen molar-refractivity contribution in [2.24, 2.45) is 0 Å². The Labute approximate surface area is 367 Å². The van der Waals surface area contributed by atoms with E-state index in [1.54, 1.807) is 0 Å². The van der Waals surface area contributed by atoms with E-state index < -0.39 is 13.9 Å². The van der Waals surface area contributed by atoms with Gasteiger partial charge in [-0.1, -0.05) is 212 Å². The molecular formula is C50H101NO7P+. The Morgan fingerprint density at radius 2 is 0.881 bits per heavy atom. The van der Waals surface area contributed by atoms with E-state index in [4.69, 9.17) is 18.5 Å². The average molecular weight is 859 g/mol. The summed E-state index contributed by atoms with van der Waals surface area (Å²) in [5, 5.41) is 0. The fourth-order valence-electron chi connectivity index (χ4n) is 7.37. The van der Waals surface area contributed by atoms with Gasteiger partial charge in [-0.05, 0) is 38.5 Å². The average Bonchev–Trinajstić information content (AvgIpc) is 3.19. The summed E-state index contributed by atoms with van der Waals surface area (Å²) in [5.74, 6) is -0.312. The molecule has 0 heterocycles. The number of phosphoric acid groups is 1. The second-order valence-corrected chi connectivity index (χ2v) is 20.0. The van der Waals surface area contributed by atoms with Gasteiger partial charge >= 0.3 is 13.8 Å². The van der Waals surface area contributed by atoms with Crippen LogP contribution < -0.4 is 0 Å². The first kappa shape index (κ1) is 58.2. The number of quaternary nitrogens is 1. The highest BCUT2D eigenvalue weighted by atomic mass is 31.2. The van der Waals surface area contributed by atoms with Gasteiger partial charge in [0.25, 0.3) is 0 Å². The van der Waals surface area contributed by atoms with Crippen molar-refractivity contribution in [1.29, 1.82) is 0 Å². The van der Waals surface area contributed by atoms with Crippen molar-refractivity contribution >= 4 is 13.8 Å². The number of allylic oxidation sites excluding steroid dienone is 2. The number of rotatable bonds is 48. The van der Waals surface area contributed by atoms with E-state index in [0.29, 0.717) is 24.1 Å². The van der Waals surface area contributed by atoms with Crippen LogP contribution in [0.1, 0.15) is 245 Å². The second kappa shape index (κ2) is 43.9. The molecule has 9 heteroatoms. The second-order valence-electron chi connectivity index (χ2n) is 18.6. The molecule has 0 aromatic rings. The van der Waals surface area contributed by atoms with Crippen molar-refractivity contribution in [1.82, 2.24) is 0 Å². The van der Waals surface area contributed by atoms with Gasteiger partial charge in [-0.2, -0.15) is 0 Å². The van der Waals surface area contributed by atoms with Crippen molar-refractivity contribution in [3.63, 3.8) is 0 Å². The zero-order valence-electron chi connectivity index (χ0n) is 40.0. The Morgan fingerprint density at radius 3 is 1.29 bits per heavy atom. The number of likely N-dealkylation sites (N-methyl/N-ethyl adjacent to an activating group) is 1. The minimum atomic E-state index is -4.27. The van der Waals surface area contributed by atoms with E-state index in [1.807, 2.05) is 21.1 Å². The summed E-state index contributed by atoms with van der Waals surface area (Å²) in [6, 6.07) is 0. The molecule has 352 valence electrons. The van der Waals surface area contributed by atoms with Crippen molar-refractivity contribution in [3.05, 3.63) is 12.2 Å². The number of ether oxygens (including phenoxy) is 2. The van der Waals surface area contributed by atoms with Gasteiger partial charge < -0.3 is 18.9 Å². The first-order valence-electron chi connectivity index (χ1n) is 25.4. The van der Waals surface area contributed by atoms with Gasteiger partial charge in [0.05, 0.1) is 34.4 Å². The highest BCUT2D eigenvalue weighted by molar-refractivity contribution is 7.47. The molecule has 0 radical (unpaired) electrons. The predicted molar refractivity (Wildman–Crippen MR) is 252 cm³/mol. The minimum absolute atomic E-state index is 0.0913. The van der Waals surface area contributed by atoms with Crippen LogP contribution in [-0.4, -0.2) is 75.6 Å². The van der Waals surface area contributed by atoms with E-state index in [1.165, 1.54) is 193 Å². The third-order valence-electron chi connectivity index (χ3n) is 11.3. The summed E-state index contributed by atoms with van der Waals surface area (Å²) in [6.07, 6.45) is 49.6. The number of carbonyl (C=O) groups is 1. The Morgan fingerprint density at radius 1 is 0.508 bits per heavy atom. The number of esters is 1. The lowest BCUT2D eigenvalue weighted by Gasteiger charge is -2.24. The maximum absolute atomic E-state index is 12.7. The highest BCUT2D eigenvalue weighted by Gasteiger charge is 2.26. The van der Waals surface area contributed by atoms with Crippen molar-refractivity contribution < 1.29 is 37.3 Å². The molecule has 0 spiro atoms. The molecule has 2 unspecified atom stereocenters. The maximum atomic E-state index is 12.7. The van der Waals surface area contributed by atoms with Crippen LogP contribution in [0.2, 0.25) is 0 Å². The van der Waals surface area contributed by atoms with E-state index in [-0.39, 0.29) is 25.8 Å². The van der Waals surface area contributed by atoms with Gasteiger partial charge in [0.2, 0.25) is 0 Å². The van der Waals surface area contributed by atoms with E-state index >= 15 is 0 Å². The topological polar surface area (TPSA) is 91.3 Å². The van der Waals surface area contributed by atoms with Gasteiger partial charge in [0.1, 0.15) is 19.3 Å². The third kappa shape index (κ3) is 48.1. The fraction of sp³-hybridized carbons (Fsp3) is 0.940. The Bertz CT molecular complexity index is 956. The van der Waals surface area contributed by atoms with Crippen molar-refractivity contribution in [3.8, 4) is 0 Å². The summed E-state index contributed by atoms with van der Waals surface area (Å²) in [7, 11) is 1.68. The monoisotopic (exact) mass is 859 g/mol. The van der Waals surface area contributed by atoms with Gasteiger partial charge in [-0.15, -0.1) is 0 Å². The minimum Gasteiger partial charge on any atom is -0.457 e. The molecule has 1 N–H and O–H groups in total. The lowest BCUT2D eigenvalue weighted by atomic mass is 10.0. The van der Waals surface area contributed by atoms with Crippen LogP contribution >= 0.6 is 7.82 Å². The predicted octanol–water partition coefficient (Wildman–Crippen LogP) is 15.4. The molecule has 2 atom stereocenters. The van der Waals surface area contributed by atoms with E-state index in [0.717, 1.165) is 32.1 Å². The molecule has 0 saturated carbocycles. The maximum Gasteiger partial charge on any atom is 0.472 e. The number of unbranched alkanes of at least 4 members (excludes halogenated alkanes) is 32. The first-order chi connectivity index (χ1) is 28.6. The lowest BCUT2D eigenvalue weighted by molar-refractivity contribution is -0.870. The quantitative estimate of drug-likeness (QED) is 0.0214. The van der Waals surface area contributed by atoms with Gasteiger partial charge in [0.15, 0.2) is 0 Å². The van der Waals surface area contributed by atoms with Crippen molar-refractivity contribution in [2.45, 2.75) is 251 Å². The summed E-state index contributed by atoms with van der Waals surface area (Å²) in [4.78, 5) is 23.0. The van der Waals surface area contributed by atoms with Gasteiger partial charge in [-0.3, -0.25) is 13.8 Å². The van der Waals surface area contributed by atoms with Crippen LogP contribution in [0.5, 0.6) is 0 Å². The molecular weight excluding hydrogens is 758 g/mol. The highest BCUT2D eigenvalue weighted by Crippen LogP contribution is 2.43. The Balaban J connectivity index is 4.12. The number of hydrogen-bond acceptors (Lipinski definition) is 6. The molecule has 0 aromatic heterocycles.